The Labute approximate surface area is 173 Å². The second-order valence-electron chi connectivity index (χ2n) is 9.37. The van der Waals surface area contributed by atoms with E-state index >= 15 is 0 Å². The first kappa shape index (κ1) is 19.4. The van der Waals surface area contributed by atoms with Gasteiger partial charge in [-0.25, -0.2) is 0 Å². The first-order chi connectivity index (χ1) is 14.0. The SMILES string of the molecule is COc1ccc2c3c1O[C@@H]1C[C@H](O)C=C[C@]31CC[N+](C)(CCN1CCOCC1)C2. The second-order valence-corrected chi connectivity index (χ2v) is 9.37. The third kappa shape index (κ3) is 3.26. The summed E-state index contributed by atoms with van der Waals surface area (Å²) in [6.45, 7) is 8.13. The van der Waals surface area contributed by atoms with Gasteiger partial charge in [0.25, 0.3) is 0 Å². The maximum absolute atomic E-state index is 10.2. The van der Waals surface area contributed by atoms with Gasteiger partial charge in [-0.05, 0) is 12.1 Å². The Balaban J connectivity index is 1.48. The van der Waals surface area contributed by atoms with E-state index < -0.39 is 6.10 Å². The van der Waals surface area contributed by atoms with Crippen LogP contribution in [0.1, 0.15) is 24.0 Å². The van der Waals surface area contributed by atoms with E-state index in [0.717, 1.165) is 74.9 Å². The van der Waals surface area contributed by atoms with Gasteiger partial charge in [-0.3, -0.25) is 4.90 Å². The largest absolute Gasteiger partial charge is 0.493 e. The molecule has 1 aromatic rings. The van der Waals surface area contributed by atoms with E-state index in [1.54, 1.807) is 7.11 Å². The van der Waals surface area contributed by atoms with Crippen molar-refractivity contribution >= 4 is 0 Å². The first-order valence-electron chi connectivity index (χ1n) is 10.9. The van der Waals surface area contributed by atoms with Crippen LogP contribution in [-0.4, -0.2) is 86.8 Å². The molecular formula is C23H33N2O4+. The van der Waals surface area contributed by atoms with Crippen molar-refractivity contribution in [1.82, 2.24) is 4.90 Å². The fourth-order valence-corrected chi connectivity index (χ4v) is 5.68. The van der Waals surface area contributed by atoms with E-state index in [1.807, 2.05) is 6.08 Å². The van der Waals surface area contributed by atoms with E-state index in [9.17, 15) is 5.11 Å². The van der Waals surface area contributed by atoms with Crippen molar-refractivity contribution in [3.05, 3.63) is 35.4 Å². The van der Waals surface area contributed by atoms with Crippen molar-refractivity contribution < 1.29 is 23.8 Å². The minimum absolute atomic E-state index is 0.0154. The maximum atomic E-state index is 10.2. The zero-order valence-corrected chi connectivity index (χ0v) is 17.6. The molecule has 1 unspecified atom stereocenters. The second kappa shape index (κ2) is 7.27. The van der Waals surface area contributed by atoms with Crippen LogP contribution in [0.3, 0.4) is 0 Å². The Morgan fingerprint density at radius 1 is 1.31 bits per heavy atom. The van der Waals surface area contributed by atoms with Gasteiger partial charge in [-0.1, -0.05) is 12.2 Å². The molecule has 3 aliphatic heterocycles. The van der Waals surface area contributed by atoms with Crippen molar-refractivity contribution in [3.8, 4) is 11.5 Å². The van der Waals surface area contributed by atoms with Gasteiger partial charge < -0.3 is 23.8 Å². The molecule has 0 aromatic heterocycles. The monoisotopic (exact) mass is 401 g/mol. The van der Waals surface area contributed by atoms with Crippen molar-refractivity contribution in [3.63, 3.8) is 0 Å². The number of methoxy groups -OCH3 is 1. The smallest absolute Gasteiger partial charge is 0.166 e. The third-order valence-electron chi connectivity index (χ3n) is 7.48. The Morgan fingerprint density at radius 3 is 2.93 bits per heavy atom. The van der Waals surface area contributed by atoms with Gasteiger partial charge in [0.05, 0.1) is 52.0 Å². The van der Waals surface area contributed by atoms with Gasteiger partial charge in [0.1, 0.15) is 12.6 Å². The molecule has 3 heterocycles. The molecule has 158 valence electrons. The quantitative estimate of drug-likeness (QED) is 0.615. The number of benzene rings is 1. The summed E-state index contributed by atoms with van der Waals surface area (Å²) in [7, 11) is 4.10. The highest BCUT2D eigenvalue weighted by molar-refractivity contribution is 5.60. The van der Waals surface area contributed by atoms with Gasteiger partial charge in [-0.2, -0.15) is 0 Å². The zero-order chi connectivity index (χ0) is 20.1. The molecule has 0 radical (unpaired) electrons. The standard InChI is InChI=1S/C23H33N2O4/c1-25(12-8-24-9-13-28-14-10-24)11-7-23-6-5-18(26)15-20(23)29-22-19(27-2)4-3-17(16-25)21(22)23/h3-6,18,20,26H,7-16H2,1-2H3/q+1/t18-,20-,23-,25?/m1/s1. The minimum Gasteiger partial charge on any atom is -0.493 e. The summed E-state index contributed by atoms with van der Waals surface area (Å²) in [5.41, 5.74) is 2.53. The average molecular weight is 402 g/mol. The van der Waals surface area contributed by atoms with E-state index in [2.05, 4.69) is 30.2 Å². The molecule has 6 nitrogen and oxygen atoms in total. The van der Waals surface area contributed by atoms with Crippen molar-refractivity contribution in [1.29, 1.82) is 0 Å². The fraction of sp³-hybridized carbons (Fsp3) is 0.652. The molecule has 0 bridgehead atoms. The number of quaternary nitrogens is 1. The predicted molar refractivity (Wildman–Crippen MR) is 110 cm³/mol. The Kier molecular flexibility index (Phi) is 4.86. The molecular weight excluding hydrogens is 368 g/mol. The third-order valence-corrected chi connectivity index (χ3v) is 7.48. The summed E-state index contributed by atoms with van der Waals surface area (Å²) >= 11 is 0. The normalized spacial score (nSPS) is 36.1. The van der Waals surface area contributed by atoms with Crippen LogP contribution in [0.2, 0.25) is 0 Å². The lowest BCUT2D eigenvalue weighted by Gasteiger charge is -2.39. The highest BCUT2D eigenvalue weighted by Gasteiger charge is 2.54. The number of aliphatic hydroxyl groups excluding tert-OH is 1. The number of morpholine rings is 1. The minimum atomic E-state index is -0.431. The Hall–Kier alpha value is -1.60. The van der Waals surface area contributed by atoms with E-state index in [-0.39, 0.29) is 11.5 Å². The van der Waals surface area contributed by atoms with Gasteiger partial charge in [-0.15, -0.1) is 0 Å². The summed E-state index contributed by atoms with van der Waals surface area (Å²) in [4.78, 5) is 2.53. The lowest BCUT2D eigenvalue weighted by atomic mass is 9.69. The topological polar surface area (TPSA) is 51.2 Å². The fourth-order valence-electron chi connectivity index (χ4n) is 5.68. The molecule has 1 N–H and O–H groups in total. The number of hydrogen-bond donors (Lipinski definition) is 1. The molecule has 0 saturated carbocycles. The number of ether oxygens (including phenoxy) is 3. The maximum Gasteiger partial charge on any atom is 0.166 e. The van der Waals surface area contributed by atoms with Crippen molar-refractivity contribution in [2.45, 2.75) is 37.0 Å². The van der Waals surface area contributed by atoms with Crippen LogP contribution < -0.4 is 9.47 Å². The molecule has 1 aliphatic carbocycles. The Bertz CT molecular complexity index is 806. The van der Waals surface area contributed by atoms with E-state index in [1.165, 1.54) is 11.1 Å². The number of nitrogens with zero attached hydrogens (tertiary/aromatic N) is 2. The van der Waals surface area contributed by atoms with Gasteiger partial charge in [0.2, 0.25) is 0 Å². The van der Waals surface area contributed by atoms with Crippen LogP contribution in [0.15, 0.2) is 24.3 Å². The number of hydrogen-bond acceptors (Lipinski definition) is 5. The first-order valence-corrected chi connectivity index (χ1v) is 10.9. The van der Waals surface area contributed by atoms with Crippen LogP contribution in [0.4, 0.5) is 0 Å². The summed E-state index contributed by atoms with van der Waals surface area (Å²) in [5.74, 6) is 1.71. The molecule has 1 fully saturated rings. The zero-order valence-electron chi connectivity index (χ0n) is 17.6. The molecule has 1 saturated heterocycles. The summed E-state index contributed by atoms with van der Waals surface area (Å²) in [5, 5.41) is 10.2. The Morgan fingerprint density at radius 2 is 2.14 bits per heavy atom. The van der Waals surface area contributed by atoms with E-state index in [0.29, 0.717) is 6.42 Å². The average Bonchev–Trinajstić information content (AvgIpc) is 3.00. The lowest BCUT2D eigenvalue weighted by Crippen LogP contribution is -2.51. The summed E-state index contributed by atoms with van der Waals surface area (Å²) in [6, 6.07) is 4.29. The highest BCUT2D eigenvalue weighted by Crippen LogP contribution is 2.56. The molecule has 1 aromatic carbocycles. The van der Waals surface area contributed by atoms with Gasteiger partial charge >= 0.3 is 0 Å². The van der Waals surface area contributed by atoms with Gasteiger partial charge in [0, 0.05) is 43.6 Å². The van der Waals surface area contributed by atoms with Crippen LogP contribution in [0, 0.1) is 0 Å². The van der Waals surface area contributed by atoms with Crippen molar-refractivity contribution in [2.24, 2.45) is 0 Å². The van der Waals surface area contributed by atoms with Gasteiger partial charge in [0.15, 0.2) is 11.5 Å². The summed E-state index contributed by atoms with van der Waals surface area (Å²) < 4.78 is 18.6. The molecule has 4 atom stereocenters. The number of likely N-dealkylation sites (N-methyl/N-ethyl adjacent to an activating group) is 1. The molecule has 6 heteroatoms. The lowest BCUT2D eigenvalue weighted by molar-refractivity contribution is -0.922. The van der Waals surface area contributed by atoms with Crippen LogP contribution in [0.25, 0.3) is 0 Å². The molecule has 1 spiro atoms. The molecule has 4 aliphatic rings. The summed E-state index contributed by atoms with van der Waals surface area (Å²) in [6.07, 6.45) is 5.44. The van der Waals surface area contributed by atoms with Crippen LogP contribution >= 0.6 is 0 Å². The van der Waals surface area contributed by atoms with E-state index in [4.69, 9.17) is 14.2 Å². The number of rotatable bonds is 4. The molecule has 5 rings (SSSR count). The molecule has 0 amide bonds. The van der Waals surface area contributed by atoms with Crippen molar-refractivity contribution in [2.75, 3.05) is 60.1 Å². The number of aliphatic hydroxyl groups is 1. The molecule has 29 heavy (non-hydrogen) atoms. The highest BCUT2D eigenvalue weighted by atomic mass is 16.5. The predicted octanol–water partition coefficient (Wildman–Crippen LogP) is 1.70. The van der Waals surface area contributed by atoms with Crippen LogP contribution in [0.5, 0.6) is 11.5 Å². The van der Waals surface area contributed by atoms with Crippen LogP contribution in [-0.2, 0) is 16.7 Å².